The van der Waals surface area contributed by atoms with Crippen molar-refractivity contribution in [2.45, 2.75) is 62.0 Å². The fourth-order valence-corrected chi connectivity index (χ4v) is 6.84. The molecule has 2 aromatic rings. The van der Waals surface area contributed by atoms with Gasteiger partial charge in [-0.3, -0.25) is 10.00 Å². The molecule has 2 saturated heterocycles. The predicted molar refractivity (Wildman–Crippen MR) is 119 cm³/mol. The molecule has 0 radical (unpaired) electrons. The number of aromatic amines is 1. The van der Waals surface area contributed by atoms with Gasteiger partial charge in [-0.1, -0.05) is 6.07 Å². The maximum absolute atomic E-state index is 12.5. The lowest BCUT2D eigenvalue weighted by atomic mass is 9.52. The van der Waals surface area contributed by atoms with Crippen LogP contribution in [0.2, 0.25) is 0 Å². The minimum atomic E-state index is -0.732. The zero-order valence-electron chi connectivity index (χ0n) is 18.3. The van der Waals surface area contributed by atoms with Gasteiger partial charge in [-0.15, -0.1) is 0 Å². The summed E-state index contributed by atoms with van der Waals surface area (Å²) in [6.07, 6.45) is 9.10. The molecule has 2 bridgehead atoms. The standard InChI is InChI=1S/C25H34N4O2/c30-21-4-3-19-15-23-25(31)9-13-28(11-6-20-5-10-26-27-20)12-7-24(25,22(19)16-21)8-14-29(23)17-18-1-2-18/h3-5,10,16,18,23,30-31H,1-2,6-9,11-15,17H2,(H,26,27). The van der Waals surface area contributed by atoms with Crippen molar-refractivity contribution in [1.29, 1.82) is 0 Å². The Kier molecular flexibility index (Phi) is 4.67. The molecule has 4 aliphatic rings. The molecule has 6 heteroatoms. The Hall–Kier alpha value is -1.89. The molecule has 6 nitrogen and oxygen atoms in total. The molecular weight excluding hydrogens is 388 g/mol. The van der Waals surface area contributed by atoms with Crippen molar-refractivity contribution in [3.05, 3.63) is 47.3 Å². The summed E-state index contributed by atoms with van der Waals surface area (Å²) in [6, 6.07) is 8.14. The average Bonchev–Trinajstić information content (AvgIpc) is 3.46. The molecule has 3 N–H and O–H groups in total. The van der Waals surface area contributed by atoms with Gasteiger partial charge in [-0.25, -0.2) is 0 Å². The van der Waals surface area contributed by atoms with Crippen LogP contribution >= 0.6 is 0 Å². The quantitative estimate of drug-likeness (QED) is 0.690. The summed E-state index contributed by atoms with van der Waals surface area (Å²) in [7, 11) is 0. The number of aliphatic hydroxyl groups is 1. The minimum absolute atomic E-state index is 0.187. The molecule has 1 aromatic carbocycles. The van der Waals surface area contributed by atoms with E-state index in [1.54, 1.807) is 0 Å². The monoisotopic (exact) mass is 422 g/mol. The third-order valence-electron chi connectivity index (χ3n) is 8.78. The fraction of sp³-hybridized carbons (Fsp3) is 0.640. The smallest absolute Gasteiger partial charge is 0.115 e. The van der Waals surface area contributed by atoms with E-state index in [2.05, 4.69) is 26.1 Å². The highest BCUT2D eigenvalue weighted by Gasteiger charge is 2.63. The largest absolute Gasteiger partial charge is 0.508 e. The Morgan fingerprint density at radius 1 is 1.10 bits per heavy atom. The van der Waals surface area contributed by atoms with E-state index in [-0.39, 0.29) is 11.5 Å². The van der Waals surface area contributed by atoms with E-state index in [4.69, 9.17) is 0 Å². The van der Waals surface area contributed by atoms with Crippen molar-refractivity contribution in [2.24, 2.45) is 5.92 Å². The Labute approximate surface area is 184 Å². The molecule has 31 heavy (non-hydrogen) atoms. The molecule has 2 aliphatic carbocycles. The van der Waals surface area contributed by atoms with E-state index >= 15 is 0 Å². The number of aromatic hydroxyl groups is 1. The molecule has 166 valence electrons. The first-order chi connectivity index (χ1) is 15.1. The SMILES string of the molecule is Oc1ccc2c(c1)C13CCN(CCc4ccn[nH]4)CCC1(O)C(C2)N(CC1CC1)CC3. The number of phenols is 1. The fourth-order valence-electron chi connectivity index (χ4n) is 6.84. The number of benzene rings is 1. The van der Waals surface area contributed by atoms with Crippen LogP contribution in [0.5, 0.6) is 5.75 Å². The van der Waals surface area contributed by atoms with E-state index in [9.17, 15) is 10.2 Å². The molecule has 0 spiro atoms. The predicted octanol–water partition coefficient (Wildman–Crippen LogP) is 2.46. The summed E-state index contributed by atoms with van der Waals surface area (Å²) in [5, 5.41) is 30.0. The van der Waals surface area contributed by atoms with Crippen LogP contribution in [-0.2, 0) is 18.3 Å². The maximum atomic E-state index is 12.5. The van der Waals surface area contributed by atoms with Gasteiger partial charge in [0.1, 0.15) is 5.75 Å². The zero-order chi connectivity index (χ0) is 21.1. The van der Waals surface area contributed by atoms with E-state index in [1.807, 2.05) is 24.4 Å². The van der Waals surface area contributed by atoms with E-state index in [1.165, 1.54) is 29.7 Å². The minimum Gasteiger partial charge on any atom is -0.508 e. The highest BCUT2D eigenvalue weighted by molar-refractivity contribution is 5.48. The van der Waals surface area contributed by atoms with Crippen LogP contribution in [0, 0.1) is 5.92 Å². The third kappa shape index (κ3) is 3.22. The van der Waals surface area contributed by atoms with Crippen molar-refractivity contribution >= 4 is 0 Å². The lowest BCUT2D eigenvalue weighted by Gasteiger charge is -2.61. The van der Waals surface area contributed by atoms with E-state index in [0.717, 1.165) is 70.7 Å². The van der Waals surface area contributed by atoms with E-state index < -0.39 is 5.60 Å². The summed E-state index contributed by atoms with van der Waals surface area (Å²) in [6.45, 7) is 5.10. The molecule has 3 unspecified atom stereocenters. The van der Waals surface area contributed by atoms with Gasteiger partial charge in [0.25, 0.3) is 0 Å². The second-order valence-corrected chi connectivity index (χ2v) is 10.4. The molecule has 6 rings (SSSR count). The number of nitrogens with zero attached hydrogens (tertiary/aromatic N) is 3. The molecule has 3 fully saturated rings. The average molecular weight is 423 g/mol. The normalized spacial score (nSPS) is 33.5. The van der Waals surface area contributed by atoms with Gasteiger partial charge < -0.3 is 15.1 Å². The zero-order valence-corrected chi connectivity index (χ0v) is 18.3. The summed E-state index contributed by atoms with van der Waals surface area (Å²) in [4.78, 5) is 5.14. The molecule has 1 saturated carbocycles. The Morgan fingerprint density at radius 3 is 2.74 bits per heavy atom. The van der Waals surface area contributed by atoms with Gasteiger partial charge >= 0.3 is 0 Å². The Morgan fingerprint density at radius 2 is 1.94 bits per heavy atom. The van der Waals surface area contributed by atoms with Gasteiger partial charge in [0.05, 0.1) is 5.60 Å². The molecule has 1 aromatic heterocycles. The molecule has 3 heterocycles. The summed E-state index contributed by atoms with van der Waals surface area (Å²) in [5.74, 6) is 1.16. The lowest BCUT2D eigenvalue weighted by molar-refractivity contribution is -0.149. The second-order valence-electron chi connectivity index (χ2n) is 10.4. The van der Waals surface area contributed by atoms with Crippen LogP contribution in [-0.4, -0.2) is 74.6 Å². The number of phenolic OH excluding ortho intramolecular Hbond substituents is 1. The Bertz CT molecular complexity index is 943. The van der Waals surface area contributed by atoms with Crippen LogP contribution in [0.3, 0.4) is 0 Å². The number of piperidine rings is 1. The maximum Gasteiger partial charge on any atom is 0.115 e. The van der Waals surface area contributed by atoms with Crippen molar-refractivity contribution in [3.63, 3.8) is 0 Å². The van der Waals surface area contributed by atoms with E-state index in [0.29, 0.717) is 5.75 Å². The number of aromatic nitrogens is 2. The van der Waals surface area contributed by atoms with Crippen LogP contribution in [0.1, 0.15) is 48.9 Å². The number of H-pyrrole nitrogens is 1. The van der Waals surface area contributed by atoms with Crippen molar-refractivity contribution in [1.82, 2.24) is 20.0 Å². The topological polar surface area (TPSA) is 75.6 Å². The number of hydrogen-bond donors (Lipinski definition) is 3. The first-order valence-corrected chi connectivity index (χ1v) is 12.1. The lowest BCUT2D eigenvalue weighted by Crippen LogP contribution is -2.71. The number of fused-ring (bicyclic) bond motifs is 1. The van der Waals surface area contributed by atoms with Crippen LogP contribution in [0.25, 0.3) is 0 Å². The van der Waals surface area contributed by atoms with Crippen LogP contribution in [0.15, 0.2) is 30.5 Å². The second kappa shape index (κ2) is 7.32. The Balaban J connectivity index is 1.33. The van der Waals surface area contributed by atoms with Crippen LogP contribution < -0.4 is 0 Å². The number of rotatable bonds is 5. The highest BCUT2D eigenvalue weighted by atomic mass is 16.3. The molecule has 2 aliphatic heterocycles. The number of likely N-dealkylation sites (tertiary alicyclic amines) is 2. The van der Waals surface area contributed by atoms with Crippen molar-refractivity contribution < 1.29 is 10.2 Å². The third-order valence-corrected chi connectivity index (χ3v) is 8.78. The van der Waals surface area contributed by atoms with Crippen molar-refractivity contribution in [3.8, 4) is 5.75 Å². The van der Waals surface area contributed by atoms with Gasteiger partial charge in [-0.2, -0.15) is 5.10 Å². The highest BCUT2D eigenvalue weighted by Crippen LogP contribution is 2.56. The first-order valence-electron chi connectivity index (χ1n) is 12.1. The van der Waals surface area contributed by atoms with Crippen molar-refractivity contribution in [2.75, 3.05) is 32.7 Å². The van der Waals surface area contributed by atoms with Gasteiger partial charge in [-0.05, 0) is 86.9 Å². The van der Waals surface area contributed by atoms with Gasteiger partial charge in [0, 0.05) is 49.4 Å². The summed E-state index contributed by atoms with van der Waals surface area (Å²) in [5.41, 5.74) is 2.73. The molecular formula is C25H34N4O2. The summed E-state index contributed by atoms with van der Waals surface area (Å²) < 4.78 is 0. The van der Waals surface area contributed by atoms with Gasteiger partial charge in [0.2, 0.25) is 0 Å². The number of nitrogens with one attached hydrogen (secondary N) is 1. The molecule has 3 atom stereocenters. The molecule has 0 amide bonds. The number of hydrogen-bond acceptors (Lipinski definition) is 5. The van der Waals surface area contributed by atoms with Gasteiger partial charge in [0.15, 0.2) is 0 Å². The first kappa shape index (κ1) is 19.8. The summed E-state index contributed by atoms with van der Waals surface area (Å²) >= 11 is 0. The van der Waals surface area contributed by atoms with Crippen LogP contribution in [0.4, 0.5) is 0 Å².